The summed E-state index contributed by atoms with van der Waals surface area (Å²) in [5.74, 6) is 1.06. The van der Waals surface area contributed by atoms with E-state index in [1.54, 1.807) is 43.3 Å². The van der Waals surface area contributed by atoms with Crippen LogP contribution in [0.15, 0.2) is 54.6 Å². The van der Waals surface area contributed by atoms with Gasteiger partial charge in [0.1, 0.15) is 23.3 Å². The maximum Gasteiger partial charge on any atom is 0.339 e. The number of hydrogen-bond acceptors (Lipinski definition) is 6. The first kappa shape index (κ1) is 19.3. The van der Waals surface area contributed by atoms with Gasteiger partial charge in [-0.05, 0) is 37.1 Å². The molecule has 0 saturated heterocycles. The van der Waals surface area contributed by atoms with Gasteiger partial charge in [0, 0.05) is 12.6 Å². The second-order valence-electron chi connectivity index (χ2n) is 6.12. The number of nitrogens with one attached hydrogen (secondary N) is 2. The Morgan fingerprint density at radius 3 is 2.57 bits per heavy atom. The van der Waals surface area contributed by atoms with E-state index in [2.05, 4.69) is 20.6 Å². The third-order valence-electron chi connectivity index (χ3n) is 4.09. The summed E-state index contributed by atoms with van der Waals surface area (Å²) in [6.07, 6.45) is 0.531. The van der Waals surface area contributed by atoms with E-state index in [0.717, 1.165) is 0 Å². The van der Waals surface area contributed by atoms with E-state index < -0.39 is 5.97 Å². The lowest BCUT2D eigenvalue weighted by Gasteiger charge is -2.12. The van der Waals surface area contributed by atoms with Crippen LogP contribution >= 0.6 is 0 Å². The number of rotatable bonds is 7. The van der Waals surface area contributed by atoms with Crippen molar-refractivity contribution in [3.8, 4) is 0 Å². The number of ether oxygens (including phenoxy) is 1. The van der Waals surface area contributed by atoms with Gasteiger partial charge in [0.25, 0.3) is 0 Å². The zero-order chi connectivity index (χ0) is 19.9. The summed E-state index contributed by atoms with van der Waals surface area (Å²) in [4.78, 5) is 20.6. The smallest absolute Gasteiger partial charge is 0.339 e. The van der Waals surface area contributed by atoms with Crippen LogP contribution in [0.25, 0.3) is 0 Å². The van der Waals surface area contributed by atoms with Crippen molar-refractivity contribution in [1.82, 2.24) is 9.97 Å². The Balaban J connectivity index is 1.72. The van der Waals surface area contributed by atoms with Crippen LogP contribution in [0.2, 0.25) is 0 Å². The minimum absolute atomic E-state index is 0.218. The van der Waals surface area contributed by atoms with Crippen molar-refractivity contribution in [2.45, 2.75) is 13.3 Å². The molecule has 0 unspecified atom stereocenters. The number of benzene rings is 2. The van der Waals surface area contributed by atoms with Gasteiger partial charge in [-0.2, -0.15) is 0 Å². The van der Waals surface area contributed by atoms with Gasteiger partial charge in [-0.25, -0.2) is 19.2 Å². The third kappa shape index (κ3) is 4.82. The van der Waals surface area contributed by atoms with Crippen LogP contribution in [0.3, 0.4) is 0 Å². The second kappa shape index (κ2) is 8.94. The second-order valence-corrected chi connectivity index (χ2v) is 6.12. The first-order valence-electron chi connectivity index (χ1n) is 8.84. The quantitative estimate of drug-likeness (QED) is 0.601. The third-order valence-corrected chi connectivity index (χ3v) is 4.09. The number of aryl methyl sites for hydroxylation is 1. The van der Waals surface area contributed by atoms with Gasteiger partial charge in [-0.3, -0.25) is 0 Å². The maximum atomic E-state index is 13.7. The van der Waals surface area contributed by atoms with Gasteiger partial charge < -0.3 is 15.4 Å². The van der Waals surface area contributed by atoms with Crippen molar-refractivity contribution in [3.63, 3.8) is 0 Å². The minimum atomic E-state index is -0.433. The molecule has 144 valence electrons. The Kier molecular flexibility index (Phi) is 6.16. The number of carbonyl (C=O) groups excluding carboxylic acids is 1. The molecule has 7 heteroatoms. The molecule has 0 aliphatic carbocycles. The largest absolute Gasteiger partial charge is 0.465 e. The van der Waals surface area contributed by atoms with Crippen molar-refractivity contribution in [1.29, 1.82) is 0 Å². The fourth-order valence-corrected chi connectivity index (χ4v) is 2.77. The van der Waals surface area contributed by atoms with Gasteiger partial charge in [0.2, 0.25) is 0 Å². The maximum absolute atomic E-state index is 13.7. The molecular formula is C21H21FN4O2. The lowest BCUT2D eigenvalue weighted by Crippen LogP contribution is -2.10. The van der Waals surface area contributed by atoms with E-state index in [4.69, 9.17) is 4.74 Å². The van der Waals surface area contributed by atoms with Crippen LogP contribution < -0.4 is 10.6 Å². The van der Waals surface area contributed by atoms with Crippen molar-refractivity contribution >= 4 is 23.3 Å². The first-order chi connectivity index (χ1) is 13.6. The van der Waals surface area contributed by atoms with Crippen LogP contribution in [0, 0.1) is 12.7 Å². The Morgan fingerprint density at radius 2 is 1.79 bits per heavy atom. The minimum Gasteiger partial charge on any atom is -0.465 e. The highest BCUT2D eigenvalue weighted by Crippen LogP contribution is 2.22. The van der Waals surface area contributed by atoms with Crippen LogP contribution in [0.5, 0.6) is 0 Å². The zero-order valence-corrected chi connectivity index (χ0v) is 15.7. The van der Waals surface area contributed by atoms with Crippen LogP contribution in [-0.4, -0.2) is 29.6 Å². The SMILES string of the molecule is COC(=O)c1ccccc1Nc1cc(NCCc2ccccc2F)nc(C)n1. The average molecular weight is 380 g/mol. The standard InChI is InChI=1S/C21H21FN4O2/c1-14-24-19(23-12-11-15-7-3-5-9-17(15)22)13-20(25-14)26-18-10-6-4-8-16(18)21(27)28-2/h3-10,13H,11-12H2,1-2H3,(H2,23,24,25,26). The zero-order valence-electron chi connectivity index (χ0n) is 15.7. The lowest BCUT2D eigenvalue weighted by molar-refractivity contribution is 0.0602. The molecule has 1 heterocycles. The van der Waals surface area contributed by atoms with Crippen LogP contribution in [-0.2, 0) is 11.2 Å². The fourth-order valence-electron chi connectivity index (χ4n) is 2.77. The number of aromatic nitrogens is 2. The molecule has 0 fully saturated rings. The number of methoxy groups -OCH3 is 1. The summed E-state index contributed by atoms with van der Waals surface area (Å²) >= 11 is 0. The van der Waals surface area contributed by atoms with Gasteiger partial charge in [0.05, 0.1) is 18.4 Å². The molecule has 2 aromatic carbocycles. The molecule has 0 aliphatic rings. The molecular weight excluding hydrogens is 359 g/mol. The molecule has 28 heavy (non-hydrogen) atoms. The van der Waals surface area contributed by atoms with Gasteiger partial charge in [0.15, 0.2) is 0 Å². The predicted octanol–water partition coefficient (Wildman–Crippen LogP) is 4.11. The first-order valence-corrected chi connectivity index (χ1v) is 8.84. The van der Waals surface area contributed by atoms with Crippen LogP contribution in [0.4, 0.5) is 21.7 Å². The summed E-state index contributed by atoms with van der Waals surface area (Å²) in [6.45, 7) is 2.30. The molecule has 0 atom stereocenters. The molecule has 0 aliphatic heterocycles. The van der Waals surface area contributed by atoms with Crippen molar-refractivity contribution < 1.29 is 13.9 Å². The number of carbonyl (C=O) groups is 1. The van der Waals surface area contributed by atoms with Gasteiger partial charge in [-0.1, -0.05) is 30.3 Å². The van der Waals surface area contributed by atoms with E-state index >= 15 is 0 Å². The molecule has 3 aromatic rings. The van der Waals surface area contributed by atoms with Crippen molar-refractivity contribution in [3.05, 3.63) is 77.4 Å². The van der Waals surface area contributed by atoms with Gasteiger partial charge in [-0.15, -0.1) is 0 Å². The number of anilines is 3. The Bertz CT molecular complexity index is 978. The summed E-state index contributed by atoms with van der Waals surface area (Å²) in [5, 5.41) is 6.32. The molecule has 0 bridgehead atoms. The van der Waals surface area contributed by atoms with E-state index in [1.165, 1.54) is 13.2 Å². The Labute approximate surface area is 162 Å². The summed E-state index contributed by atoms with van der Waals surface area (Å²) < 4.78 is 18.5. The number of halogens is 1. The predicted molar refractivity (Wildman–Crippen MR) is 106 cm³/mol. The number of nitrogens with zero attached hydrogens (tertiary/aromatic N) is 2. The summed E-state index contributed by atoms with van der Waals surface area (Å²) in [5.41, 5.74) is 1.64. The molecule has 3 rings (SSSR count). The molecule has 0 amide bonds. The summed E-state index contributed by atoms with van der Waals surface area (Å²) in [7, 11) is 1.34. The molecule has 2 N–H and O–H groups in total. The molecule has 0 saturated carbocycles. The number of esters is 1. The number of para-hydroxylation sites is 1. The molecule has 6 nitrogen and oxygen atoms in total. The highest BCUT2D eigenvalue weighted by molar-refractivity contribution is 5.96. The number of hydrogen-bond donors (Lipinski definition) is 2. The van der Waals surface area contributed by atoms with E-state index in [1.807, 2.05) is 12.1 Å². The fraction of sp³-hybridized carbons (Fsp3) is 0.190. The Hall–Kier alpha value is -3.48. The average Bonchev–Trinajstić information content (AvgIpc) is 2.69. The van der Waals surface area contributed by atoms with Crippen molar-refractivity contribution in [2.24, 2.45) is 0 Å². The molecule has 1 aromatic heterocycles. The monoisotopic (exact) mass is 380 g/mol. The highest BCUT2D eigenvalue weighted by atomic mass is 19.1. The van der Waals surface area contributed by atoms with Crippen LogP contribution in [0.1, 0.15) is 21.7 Å². The van der Waals surface area contributed by atoms with E-state index in [-0.39, 0.29) is 5.82 Å². The van der Waals surface area contributed by atoms with E-state index in [9.17, 15) is 9.18 Å². The van der Waals surface area contributed by atoms with Crippen molar-refractivity contribution in [2.75, 3.05) is 24.3 Å². The topological polar surface area (TPSA) is 76.1 Å². The molecule has 0 radical (unpaired) electrons. The lowest BCUT2D eigenvalue weighted by atomic mass is 10.1. The normalized spacial score (nSPS) is 10.4. The van der Waals surface area contributed by atoms with Gasteiger partial charge >= 0.3 is 5.97 Å². The van der Waals surface area contributed by atoms with E-state index in [0.29, 0.717) is 47.2 Å². The highest BCUT2D eigenvalue weighted by Gasteiger charge is 2.12. The summed E-state index contributed by atoms with van der Waals surface area (Å²) in [6, 6.07) is 15.5. The Morgan fingerprint density at radius 1 is 1.07 bits per heavy atom. The molecule has 0 spiro atoms.